The molecule has 0 saturated heterocycles. The van der Waals surface area contributed by atoms with Crippen molar-refractivity contribution in [1.82, 2.24) is 14.5 Å². The highest BCUT2D eigenvalue weighted by atomic mass is 16.2. The fourth-order valence-electron chi connectivity index (χ4n) is 2.23. The summed E-state index contributed by atoms with van der Waals surface area (Å²) in [6, 6.07) is 15.5. The second-order valence-corrected chi connectivity index (χ2v) is 4.82. The summed E-state index contributed by atoms with van der Waals surface area (Å²) < 4.78 is 1.75. The molecular weight excluding hydrogens is 250 g/mol. The second-order valence-electron chi connectivity index (χ2n) is 4.82. The van der Waals surface area contributed by atoms with Crippen LogP contribution in [0.25, 0.3) is 16.8 Å². The molecule has 1 amide bonds. The Kier molecular flexibility index (Phi) is 2.99. The normalized spacial score (nSPS) is 10.7. The highest BCUT2D eigenvalue weighted by Crippen LogP contribution is 2.26. The monoisotopic (exact) mass is 265 g/mol. The van der Waals surface area contributed by atoms with Gasteiger partial charge in [-0.25, -0.2) is 4.52 Å². The minimum absolute atomic E-state index is 0.0370. The van der Waals surface area contributed by atoms with E-state index in [4.69, 9.17) is 0 Å². The van der Waals surface area contributed by atoms with Crippen LogP contribution in [-0.4, -0.2) is 34.5 Å². The Bertz CT molecular complexity index is 760. The molecule has 4 nitrogen and oxygen atoms in total. The average molecular weight is 265 g/mol. The van der Waals surface area contributed by atoms with Gasteiger partial charge < -0.3 is 4.90 Å². The van der Waals surface area contributed by atoms with Gasteiger partial charge in [0.15, 0.2) is 0 Å². The van der Waals surface area contributed by atoms with Crippen molar-refractivity contribution >= 4 is 11.4 Å². The van der Waals surface area contributed by atoms with Gasteiger partial charge in [0.05, 0.1) is 11.1 Å². The van der Waals surface area contributed by atoms with E-state index in [0.717, 1.165) is 16.8 Å². The van der Waals surface area contributed by atoms with E-state index in [9.17, 15) is 4.79 Å². The molecule has 4 heteroatoms. The first-order chi connectivity index (χ1) is 9.68. The summed E-state index contributed by atoms with van der Waals surface area (Å²) in [5.41, 5.74) is 3.13. The third-order valence-corrected chi connectivity index (χ3v) is 3.21. The quantitative estimate of drug-likeness (QED) is 0.714. The number of fused-ring (bicyclic) bond motifs is 1. The molecule has 3 aromatic rings. The predicted molar refractivity (Wildman–Crippen MR) is 78.6 cm³/mol. The third kappa shape index (κ3) is 1.95. The van der Waals surface area contributed by atoms with E-state index < -0.39 is 0 Å². The largest absolute Gasteiger partial charge is 0.345 e. The highest BCUT2D eigenvalue weighted by molar-refractivity contribution is 6.06. The van der Waals surface area contributed by atoms with E-state index in [1.807, 2.05) is 54.7 Å². The summed E-state index contributed by atoms with van der Waals surface area (Å²) in [4.78, 5) is 14.1. The lowest BCUT2D eigenvalue weighted by molar-refractivity contribution is 0.0830. The van der Waals surface area contributed by atoms with Crippen LogP contribution in [0.3, 0.4) is 0 Å². The maximum absolute atomic E-state index is 12.5. The van der Waals surface area contributed by atoms with Crippen molar-refractivity contribution in [3.8, 4) is 11.3 Å². The minimum Gasteiger partial charge on any atom is -0.345 e. The molecule has 0 aliphatic carbocycles. The molecule has 100 valence electrons. The lowest BCUT2D eigenvalue weighted by Gasteiger charge is -2.10. The van der Waals surface area contributed by atoms with Crippen molar-refractivity contribution in [2.45, 2.75) is 0 Å². The van der Waals surface area contributed by atoms with Crippen LogP contribution in [0.2, 0.25) is 0 Å². The second kappa shape index (κ2) is 4.81. The first kappa shape index (κ1) is 12.4. The molecule has 0 spiro atoms. The Hall–Kier alpha value is -2.62. The van der Waals surface area contributed by atoms with E-state index >= 15 is 0 Å². The maximum Gasteiger partial charge on any atom is 0.257 e. The van der Waals surface area contributed by atoms with Gasteiger partial charge in [-0.3, -0.25) is 4.79 Å². The molecule has 0 unspecified atom stereocenters. The summed E-state index contributed by atoms with van der Waals surface area (Å²) in [5.74, 6) is -0.0370. The third-order valence-electron chi connectivity index (χ3n) is 3.21. The van der Waals surface area contributed by atoms with Gasteiger partial charge in [-0.2, -0.15) is 5.10 Å². The first-order valence-corrected chi connectivity index (χ1v) is 6.43. The van der Waals surface area contributed by atoms with E-state index in [1.54, 1.807) is 23.5 Å². The van der Waals surface area contributed by atoms with E-state index in [2.05, 4.69) is 5.10 Å². The van der Waals surface area contributed by atoms with Gasteiger partial charge in [0.25, 0.3) is 5.91 Å². The molecule has 0 radical (unpaired) electrons. The van der Waals surface area contributed by atoms with Crippen LogP contribution < -0.4 is 0 Å². The number of carbonyl (C=O) groups excluding carboxylic acids is 1. The summed E-state index contributed by atoms with van der Waals surface area (Å²) in [6.07, 6.45) is 1.86. The van der Waals surface area contributed by atoms with Crippen molar-refractivity contribution in [3.63, 3.8) is 0 Å². The molecule has 0 bridgehead atoms. The van der Waals surface area contributed by atoms with Crippen LogP contribution in [0, 0.1) is 0 Å². The topological polar surface area (TPSA) is 37.6 Å². The zero-order valence-corrected chi connectivity index (χ0v) is 11.4. The lowest BCUT2D eigenvalue weighted by Crippen LogP contribution is -2.22. The summed E-state index contributed by atoms with van der Waals surface area (Å²) >= 11 is 0. The standard InChI is InChI=1S/C16H15N3O/c1-18(2)16(20)14-13-10-6-7-11-19(13)17-15(14)12-8-4-3-5-9-12/h3-11H,1-2H3. The van der Waals surface area contributed by atoms with Crippen molar-refractivity contribution in [2.24, 2.45) is 0 Å². The predicted octanol–water partition coefficient (Wildman–Crippen LogP) is 2.70. The molecule has 0 aliphatic heterocycles. The summed E-state index contributed by atoms with van der Waals surface area (Å²) in [6.45, 7) is 0. The number of hydrogen-bond acceptors (Lipinski definition) is 2. The van der Waals surface area contributed by atoms with Crippen LogP contribution >= 0.6 is 0 Å². The van der Waals surface area contributed by atoms with Crippen LogP contribution in [0.4, 0.5) is 0 Å². The zero-order valence-electron chi connectivity index (χ0n) is 11.4. The molecule has 0 saturated carbocycles. The van der Waals surface area contributed by atoms with E-state index in [0.29, 0.717) is 5.56 Å². The van der Waals surface area contributed by atoms with Crippen LogP contribution in [-0.2, 0) is 0 Å². The molecule has 3 rings (SSSR count). The van der Waals surface area contributed by atoms with Gasteiger partial charge in [-0.05, 0) is 12.1 Å². The Labute approximate surface area is 117 Å². The van der Waals surface area contributed by atoms with Gasteiger partial charge in [-0.1, -0.05) is 36.4 Å². The molecular formula is C16H15N3O. The van der Waals surface area contributed by atoms with Gasteiger partial charge in [0.2, 0.25) is 0 Å². The maximum atomic E-state index is 12.5. The van der Waals surface area contributed by atoms with Crippen molar-refractivity contribution in [3.05, 3.63) is 60.3 Å². The number of nitrogens with zero attached hydrogens (tertiary/aromatic N) is 3. The fourth-order valence-corrected chi connectivity index (χ4v) is 2.23. The van der Waals surface area contributed by atoms with Crippen molar-refractivity contribution in [1.29, 1.82) is 0 Å². The smallest absolute Gasteiger partial charge is 0.257 e. The Morgan fingerprint density at radius 2 is 1.75 bits per heavy atom. The number of hydrogen-bond donors (Lipinski definition) is 0. The zero-order chi connectivity index (χ0) is 14.1. The van der Waals surface area contributed by atoms with E-state index in [1.165, 1.54) is 0 Å². The Balaban J connectivity index is 2.31. The Morgan fingerprint density at radius 1 is 1.05 bits per heavy atom. The number of rotatable bonds is 2. The van der Waals surface area contributed by atoms with Crippen molar-refractivity contribution < 1.29 is 4.79 Å². The summed E-state index contributed by atoms with van der Waals surface area (Å²) in [7, 11) is 3.51. The molecule has 1 aromatic carbocycles. The number of pyridine rings is 1. The molecule has 20 heavy (non-hydrogen) atoms. The number of aromatic nitrogens is 2. The number of benzene rings is 1. The summed E-state index contributed by atoms with van der Waals surface area (Å²) in [5, 5.41) is 4.56. The van der Waals surface area contributed by atoms with E-state index in [-0.39, 0.29) is 5.91 Å². The van der Waals surface area contributed by atoms with Gasteiger partial charge >= 0.3 is 0 Å². The number of carbonyl (C=O) groups is 1. The molecule has 0 fully saturated rings. The molecule has 0 N–H and O–H groups in total. The molecule has 0 aliphatic rings. The molecule has 2 aromatic heterocycles. The molecule has 2 heterocycles. The Morgan fingerprint density at radius 3 is 2.45 bits per heavy atom. The SMILES string of the molecule is CN(C)C(=O)c1c(-c2ccccc2)nn2ccccc12. The highest BCUT2D eigenvalue weighted by Gasteiger charge is 2.21. The first-order valence-electron chi connectivity index (χ1n) is 6.43. The van der Waals surface area contributed by atoms with Crippen LogP contribution in [0.15, 0.2) is 54.7 Å². The van der Waals surface area contributed by atoms with Crippen molar-refractivity contribution in [2.75, 3.05) is 14.1 Å². The van der Waals surface area contributed by atoms with Crippen LogP contribution in [0.5, 0.6) is 0 Å². The van der Waals surface area contributed by atoms with Crippen LogP contribution in [0.1, 0.15) is 10.4 Å². The van der Waals surface area contributed by atoms with Gasteiger partial charge in [-0.15, -0.1) is 0 Å². The molecule has 0 atom stereocenters. The minimum atomic E-state index is -0.0370. The van der Waals surface area contributed by atoms with Gasteiger partial charge in [0.1, 0.15) is 5.69 Å². The average Bonchev–Trinajstić information content (AvgIpc) is 2.86. The fraction of sp³-hybridized carbons (Fsp3) is 0.125. The number of amides is 1. The lowest BCUT2D eigenvalue weighted by atomic mass is 10.1. The van der Waals surface area contributed by atoms with Gasteiger partial charge in [0, 0.05) is 25.9 Å².